The predicted molar refractivity (Wildman–Crippen MR) is 73.8 cm³/mol. The molecule has 1 aromatic carbocycles. The molecule has 3 nitrogen and oxygen atoms in total. The van der Waals surface area contributed by atoms with Crippen molar-refractivity contribution < 1.29 is 12.8 Å². The maximum atomic E-state index is 13.0. The minimum Gasteiger partial charge on any atom is -0.210 e. The average molecular weight is 338 g/mol. The molecule has 1 unspecified atom stereocenters. The first-order valence-corrected chi connectivity index (χ1v) is 8.10. The Labute approximate surface area is 116 Å². The van der Waals surface area contributed by atoms with Gasteiger partial charge in [-0.25, -0.2) is 17.5 Å². The molecule has 1 N–H and O–H groups in total. The highest BCUT2D eigenvalue weighted by molar-refractivity contribution is 9.09. The van der Waals surface area contributed by atoms with E-state index in [2.05, 4.69) is 34.5 Å². The smallest absolute Gasteiger partial charge is 0.210 e. The van der Waals surface area contributed by atoms with Crippen LogP contribution in [0.15, 0.2) is 29.2 Å². The van der Waals surface area contributed by atoms with Crippen LogP contribution in [0.5, 0.6) is 0 Å². The molecule has 0 spiro atoms. The van der Waals surface area contributed by atoms with Crippen LogP contribution in [0.25, 0.3) is 0 Å². The molecule has 1 aromatic rings. The minimum atomic E-state index is -3.63. The lowest BCUT2D eigenvalue weighted by Crippen LogP contribution is -2.30. The minimum absolute atomic E-state index is 0.0493. The van der Waals surface area contributed by atoms with Crippen molar-refractivity contribution in [1.29, 1.82) is 0 Å². The van der Waals surface area contributed by atoms with Gasteiger partial charge in [-0.3, -0.25) is 0 Å². The van der Waals surface area contributed by atoms with Crippen LogP contribution in [0.1, 0.15) is 20.3 Å². The van der Waals surface area contributed by atoms with Crippen molar-refractivity contribution in [1.82, 2.24) is 4.72 Å². The normalized spacial score (nSPS) is 13.8. The van der Waals surface area contributed by atoms with E-state index in [9.17, 15) is 12.8 Å². The standard InChI is InChI=1S/C12H17BrFNO2S/c1-9(2)6-10(13)8-15-18(16,17)12-5-3-4-11(14)7-12/h3-5,7,9-10,15H,6,8H2,1-2H3. The first-order valence-electron chi connectivity index (χ1n) is 5.70. The van der Waals surface area contributed by atoms with E-state index in [1.54, 1.807) is 0 Å². The molecule has 0 bridgehead atoms. The summed E-state index contributed by atoms with van der Waals surface area (Å²) in [5, 5.41) is 0. The van der Waals surface area contributed by atoms with Gasteiger partial charge in [-0.05, 0) is 30.5 Å². The Morgan fingerprint density at radius 2 is 2.06 bits per heavy atom. The zero-order chi connectivity index (χ0) is 13.8. The van der Waals surface area contributed by atoms with E-state index >= 15 is 0 Å². The van der Waals surface area contributed by atoms with Crippen molar-refractivity contribution in [3.05, 3.63) is 30.1 Å². The zero-order valence-corrected chi connectivity index (χ0v) is 12.8. The summed E-state index contributed by atoms with van der Waals surface area (Å²) >= 11 is 3.42. The molecule has 0 amide bonds. The summed E-state index contributed by atoms with van der Waals surface area (Å²) in [5.41, 5.74) is 0. The molecule has 6 heteroatoms. The third kappa shape index (κ3) is 5.04. The predicted octanol–water partition coefficient (Wildman–Crippen LogP) is 2.91. The summed E-state index contributed by atoms with van der Waals surface area (Å²) < 4.78 is 39.2. The number of nitrogens with one attached hydrogen (secondary N) is 1. The average Bonchev–Trinajstić information content (AvgIpc) is 2.26. The van der Waals surface area contributed by atoms with Crippen LogP contribution in [-0.4, -0.2) is 19.8 Å². The van der Waals surface area contributed by atoms with Crippen molar-refractivity contribution in [2.24, 2.45) is 5.92 Å². The molecule has 0 saturated carbocycles. The summed E-state index contributed by atoms with van der Waals surface area (Å²) in [5.74, 6) is -0.0801. The first kappa shape index (κ1) is 15.6. The summed E-state index contributed by atoms with van der Waals surface area (Å²) in [4.78, 5) is 0.0209. The zero-order valence-electron chi connectivity index (χ0n) is 10.4. The monoisotopic (exact) mass is 337 g/mol. The van der Waals surface area contributed by atoms with Crippen LogP contribution in [0.2, 0.25) is 0 Å². The molecule has 0 aliphatic heterocycles. The van der Waals surface area contributed by atoms with Gasteiger partial charge < -0.3 is 0 Å². The van der Waals surface area contributed by atoms with Crippen LogP contribution >= 0.6 is 15.9 Å². The number of halogens is 2. The van der Waals surface area contributed by atoms with Gasteiger partial charge in [0.1, 0.15) is 5.82 Å². The van der Waals surface area contributed by atoms with Crippen molar-refractivity contribution in [3.63, 3.8) is 0 Å². The van der Waals surface area contributed by atoms with E-state index in [-0.39, 0.29) is 16.3 Å². The highest BCUT2D eigenvalue weighted by atomic mass is 79.9. The van der Waals surface area contributed by atoms with Gasteiger partial charge in [0.15, 0.2) is 0 Å². The van der Waals surface area contributed by atoms with Gasteiger partial charge in [-0.2, -0.15) is 0 Å². The van der Waals surface area contributed by atoms with Crippen molar-refractivity contribution >= 4 is 26.0 Å². The van der Waals surface area contributed by atoms with Gasteiger partial charge >= 0.3 is 0 Å². The Bertz CT molecular complexity index is 491. The van der Waals surface area contributed by atoms with Crippen molar-refractivity contribution in [2.75, 3.05) is 6.54 Å². The number of benzene rings is 1. The fraction of sp³-hybridized carbons (Fsp3) is 0.500. The lowest BCUT2D eigenvalue weighted by Gasteiger charge is -2.13. The summed E-state index contributed by atoms with van der Waals surface area (Å²) in [6, 6.07) is 4.97. The SMILES string of the molecule is CC(C)CC(Br)CNS(=O)(=O)c1cccc(F)c1. The van der Waals surface area contributed by atoms with E-state index in [0.717, 1.165) is 12.5 Å². The molecule has 0 fully saturated rings. The Kier molecular flexibility index (Phi) is 5.75. The molecular formula is C12H17BrFNO2S. The quantitative estimate of drug-likeness (QED) is 0.811. The molecule has 18 heavy (non-hydrogen) atoms. The second kappa shape index (κ2) is 6.63. The lowest BCUT2D eigenvalue weighted by molar-refractivity contribution is 0.550. The second-order valence-electron chi connectivity index (χ2n) is 4.54. The van der Waals surface area contributed by atoms with E-state index in [1.807, 2.05) is 0 Å². The topological polar surface area (TPSA) is 46.2 Å². The van der Waals surface area contributed by atoms with E-state index in [4.69, 9.17) is 0 Å². The Balaban J connectivity index is 2.66. The Morgan fingerprint density at radius 3 is 2.61 bits per heavy atom. The molecule has 0 heterocycles. The Morgan fingerprint density at radius 1 is 1.39 bits per heavy atom. The molecule has 0 aromatic heterocycles. The van der Waals surface area contributed by atoms with Gasteiger partial charge in [0.05, 0.1) is 4.90 Å². The van der Waals surface area contributed by atoms with Gasteiger partial charge in [-0.15, -0.1) is 0 Å². The Hall–Kier alpha value is -0.460. The maximum Gasteiger partial charge on any atom is 0.240 e. The van der Waals surface area contributed by atoms with Crippen molar-refractivity contribution in [2.45, 2.75) is 30.0 Å². The third-order valence-corrected chi connectivity index (χ3v) is 4.45. The van der Waals surface area contributed by atoms with Crippen LogP contribution in [-0.2, 0) is 10.0 Å². The van der Waals surface area contributed by atoms with Gasteiger partial charge in [0, 0.05) is 11.4 Å². The van der Waals surface area contributed by atoms with E-state index in [0.29, 0.717) is 5.92 Å². The summed E-state index contributed by atoms with van der Waals surface area (Å²) in [6.45, 7) is 4.42. The molecule has 0 aliphatic carbocycles. The first-order chi connectivity index (χ1) is 8.31. The molecule has 1 atom stereocenters. The number of hydrogen-bond donors (Lipinski definition) is 1. The van der Waals surface area contributed by atoms with Crippen molar-refractivity contribution in [3.8, 4) is 0 Å². The molecular weight excluding hydrogens is 321 g/mol. The molecule has 0 saturated heterocycles. The van der Waals surface area contributed by atoms with Gasteiger partial charge in [0.25, 0.3) is 0 Å². The van der Waals surface area contributed by atoms with Crippen LogP contribution in [0.3, 0.4) is 0 Å². The highest BCUT2D eigenvalue weighted by Gasteiger charge is 2.16. The number of alkyl halides is 1. The largest absolute Gasteiger partial charge is 0.240 e. The molecule has 0 radical (unpaired) electrons. The number of rotatable bonds is 6. The fourth-order valence-corrected chi connectivity index (χ4v) is 3.75. The fourth-order valence-electron chi connectivity index (χ4n) is 1.51. The maximum absolute atomic E-state index is 13.0. The van der Waals surface area contributed by atoms with Crippen LogP contribution in [0.4, 0.5) is 4.39 Å². The van der Waals surface area contributed by atoms with Gasteiger partial charge in [-0.1, -0.05) is 35.8 Å². The highest BCUT2D eigenvalue weighted by Crippen LogP contribution is 2.14. The number of sulfonamides is 1. The van der Waals surface area contributed by atoms with E-state index < -0.39 is 15.8 Å². The van der Waals surface area contributed by atoms with E-state index in [1.165, 1.54) is 18.2 Å². The second-order valence-corrected chi connectivity index (χ2v) is 7.60. The molecule has 102 valence electrons. The number of hydrogen-bond acceptors (Lipinski definition) is 2. The van der Waals surface area contributed by atoms with Crippen LogP contribution < -0.4 is 4.72 Å². The third-order valence-electron chi connectivity index (χ3n) is 2.33. The lowest BCUT2D eigenvalue weighted by atomic mass is 10.1. The summed E-state index contributed by atoms with van der Waals surface area (Å²) in [6.07, 6.45) is 0.867. The summed E-state index contributed by atoms with van der Waals surface area (Å²) in [7, 11) is -3.63. The molecule has 1 rings (SSSR count). The van der Waals surface area contributed by atoms with Crippen LogP contribution in [0, 0.1) is 11.7 Å². The van der Waals surface area contributed by atoms with Gasteiger partial charge in [0.2, 0.25) is 10.0 Å². The molecule has 0 aliphatic rings.